The summed E-state index contributed by atoms with van der Waals surface area (Å²) in [4.78, 5) is 4.60. The van der Waals surface area contributed by atoms with Crippen LogP contribution in [0.4, 0.5) is 0 Å². The number of nitrogens with zero attached hydrogens (tertiary/aromatic N) is 2. The van der Waals surface area contributed by atoms with Gasteiger partial charge in [0.25, 0.3) is 0 Å². The molecule has 1 aromatic heterocycles. The van der Waals surface area contributed by atoms with Crippen LogP contribution in [0.15, 0.2) is 67.0 Å². The molecule has 0 fully saturated rings. The Kier molecular flexibility index (Phi) is 5.85. The third-order valence-electron chi connectivity index (χ3n) is 4.20. The van der Waals surface area contributed by atoms with Crippen LogP contribution in [-0.4, -0.2) is 30.8 Å². The molecular formula is C20H23N3O2S. The van der Waals surface area contributed by atoms with Gasteiger partial charge in [-0.2, -0.15) is 0 Å². The Morgan fingerprint density at radius 1 is 0.962 bits per heavy atom. The number of aryl methyl sites for hydroxylation is 1. The molecule has 0 unspecified atom stereocenters. The molecule has 0 aliphatic carbocycles. The molecule has 26 heavy (non-hydrogen) atoms. The fourth-order valence-electron chi connectivity index (χ4n) is 2.96. The molecular weight excluding hydrogens is 346 g/mol. The zero-order valence-electron chi connectivity index (χ0n) is 14.8. The van der Waals surface area contributed by atoms with Crippen molar-refractivity contribution in [2.24, 2.45) is 0 Å². The van der Waals surface area contributed by atoms with Gasteiger partial charge in [-0.15, -0.1) is 0 Å². The molecule has 2 aromatic carbocycles. The molecule has 6 heteroatoms. The lowest BCUT2D eigenvalue weighted by Crippen LogP contribution is -2.26. The molecule has 3 aromatic rings. The molecule has 0 radical (unpaired) electrons. The van der Waals surface area contributed by atoms with Crippen molar-refractivity contribution in [3.8, 4) is 11.3 Å². The van der Waals surface area contributed by atoms with Gasteiger partial charge in [0, 0.05) is 24.3 Å². The van der Waals surface area contributed by atoms with Crippen molar-refractivity contribution < 1.29 is 8.42 Å². The van der Waals surface area contributed by atoms with E-state index in [0.29, 0.717) is 13.1 Å². The van der Waals surface area contributed by atoms with Gasteiger partial charge in [0.15, 0.2) is 0 Å². The molecule has 5 nitrogen and oxygen atoms in total. The van der Waals surface area contributed by atoms with Gasteiger partial charge in [0.1, 0.15) is 0 Å². The monoisotopic (exact) mass is 369 g/mol. The molecule has 0 aliphatic rings. The van der Waals surface area contributed by atoms with Gasteiger partial charge in [-0.05, 0) is 18.4 Å². The van der Waals surface area contributed by atoms with E-state index in [1.807, 2.05) is 53.1 Å². The first-order valence-electron chi connectivity index (χ1n) is 8.61. The summed E-state index contributed by atoms with van der Waals surface area (Å²) in [5.74, 6) is 0. The van der Waals surface area contributed by atoms with Gasteiger partial charge in [-0.25, -0.2) is 18.1 Å². The number of rotatable bonds is 8. The third-order valence-corrected chi connectivity index (χ3v) is 4.93. The number of nitrogens with one attached hydrogen (secondary N) is 1. The number of hydrogen-bond donors (Lipinski definition) is 1. The van der Waals surface area contributed by atoms with Crippen LogP contribution in [0.5, 0.6) is 0 Å². The summed E-state index contributed by atoms with van der Waals surface area (Å²) in [5.41, 5.74) is 4.43. The highest BCUT2D eigenvalue weighted by Crippen LogP contribution is 2.23. The van der Waals surface area contributed by atoms with Crippen LogP contribution >= 0.6 is 0 Å². The lowest BCUT2D eigenvalue weighted by molar-refractivity contribution is 0.575. The third kappa shape index (κ3) is 5.03. The summed E-state index contributed by atoms with van der Waals surface area (Å²) in [6.45, 7) is 0.902. The number of hydrogen-bond acceptors (Lipinski definition) is 3. The van der Waals surface area contributed by atoms with Crippen LogP contribution < -0.4 is 4.72 Å². The Morgan fingerprint density at radius 2 is 1.62 bits per heavy atom. The quantitative estimate of drug-likeness (QED) is 0.664. The second kappa shape index (κ2) is 8.29. The van der Waals surface area contributed by atoms with Gasteiger partial charge >= 0.3 is 0 Å². The smallest absolute Gasteiger partial charge is 0.208 e. The second-order valence-electron chi connectivity index (χ2n) is 6.25. The Morgan fingerprint density at radius 3 is 2.27 bits per heavy atom. The molecule has 0 amide bonds. The maximum absolute atomic E-state index is 11.3. The standard InChI is InChI=1S/C20H23N3O2S/c1-26(24,25)22-14-15-23-16-21-20(18-10-6-3-7-11-18)19(23)13-12-17-8-4-2-5-9-17/h2-11,16,22H,12-15H2,1H3. The van der Waals surface area contributed by atoms with E-state index in [9.17, 15) is 8.42 Å². The van der Waals surface area contributed by atoms with Crippen molar-refractivity contribution in [2.75, 3.05) is 12.8 Å². The van der Waals surface area contributed by atoms with Crippen molar-refractivity contribution in [3.63, 3.8) is 0 Å². The minimum atomic E-state index is -3.19. The molecule has 136 valence electrons. The summed E-state index contributed by atoms with van der Waals surface area (Å²) in [6, 6.07) is 20.4. The van der Waals surface area contributed by atoms with Crippen LogP contribution in [0.25, 0.3) is 11.3 Å². The van der Waals surface area contributed by atoms with Crippen LogP contribution in [0.2, 0.25) is 0 Å². The summed E-state index contributed by atoms with van der Waals surface area (Å²) >= 11 is 0. The van der Waals surface area contributed by atoms with E-state index in [1.165, 1.54) is 11.8 Å². The highest BCUT2D eigenvalue weighted by molar-refractivity contribution is 7.88. The Labute approximate surface area is 154 Å². The largest absolute Gasteiger partial charge is 0.333 e. The van der Waals surface area contributed by atoms with Gasteiger partial charge < -0.3 is 4.57 Å². The van der Waals surface area contributed by atoms with Gasteiger partial charge in [0.05, 0.1) is 18.3 Å². The SMILES string of the molecule is CS(=O)(=O)NCCn1cnc(-c2ccccc2)c1CCc1ccccc1. The second-order valence-corrected chi connectivity index (χ2v) is 8.08. The topological polar surface area (TPSA) is 64.0 Å². The van der Waals surface area contributed by atoms with Crippen LogP contribution in [0.1, 0.15) is 11.3 Å². The zero-order valence-corrected chi connectivity index (χ0v) is 15.6. The molecule has 0 spiro atoms. The summed E-state index contributed by atoms with van der Waals surface area (Å²) < 4.78 is 27.2. The van der Waals surface area contributed by atoms with E-state index in [4.69, 9.17) is 0 Å². The fraction of sp³-hybridized carbons (Fsp3) is 0.250. The Bertz CT molecular complexity index is 936. The Balaban J connectivity index is 1.83. The first-order chi connectivity index (χ1) is 12.5. The lowest BCUT2D eigenvalue weighted by Gasteiger charge is -2.11. The normalized spacial score (nSPS) is 11.6. The van der Waals surface area contributed by atoms with Crippen LogP contribution in [-0.2, 0) is 29.4 Å². The van der Waals surface area contributed by atoms with Crippen LogP contribution in [0, 0.1) is 0 Å². The van der Waals surface area contributed by atoms with E-state index in [2.05, 4.69) is 21.8 Å². The molecule has 0 atom stereocenters. The first kappa shape index (κ1) is 18.4. The molecule has 3 rings (SSSR count). The number of benzene rings is 2. The van der Waals surface area contributed by atoms with E-state index in [1.54, 1.807) is 6.33 Å². The van der Waals surface area contributed by atoms with Gasteiger partial charge in [0.2, 0.25) is 10.0 Å². The zero-order chi connectivity index (χ0) is 18.4. The number of imidazole rings is 1. The predicted octanol–water partition coefficient (Wildman–Crippen LogP) is 2.88. The maximum atomic E-state index is 11.3. The minimum absolute atomic E-state index is 0.349. The predicted molar refractivity (Wildman–Crippen MR) is 104 cm³/mol. The van der Waals surface area contributed by atoms with Crippen LogP contribution in [0.3, 0.4) is 0 Å². The van der Waals surface area contributed by atoms with Gasteiger partial charge in [-0.1, -0.05) is 60.7 Å². The molecule has 0 bridgehead atoms. The molecule has 1 heterocycles. The van der Waals surface area contributed by atoms with E-state index < -0.39 is 10.0 Å². The van der Waals surface area contributed by atoms with E-state index >= 15 is 0 Å². The summed E-state index contributed by atoms with van der Waals surface area (Å²) in [7, 11) is -3.19. The van der Waals surface area contributed by atoms with Crippen molar-refractivity contribution in [2.45, 2.75) is 19.4 Å². The van der Waals surface area contributed by atoms with Crippen molar-refractivity contribution in [3.05, 3.63) is 78.2 Å². The van der Waals surface area contributed by atoms with Crippen molar-refractivity contribution in [1.82, 2.24) is 14.3 Å². The highest BCUT2D eigenvalue weighted by atomic mass is 32.2. The van der Waals surface area contributed by atoms with Crippen molar-refractivity contribution >= 4 is 10.0 Å². The lowest BCUT2D eigenvalue weighted by atomic mass is 10.0. The van der Waals surface area contributed by atoms with E-state index in [-0.39, 0.29) is 0 Å². The van der Waals surface area contributed by atoms with Gasteiger partial charge in [-0.3, -0.25) is 0 Å². The number of aromatic nitrogens is 2. The average Bonchev–Trinajstić information content (AvgIpc) is 3.03. The average molecular weight is 369 g/mol. The minimum Gasteiger partial charge on any atom is -0.333 e. The molecule has 0 saturated carbocycles. The highest BCUT2D eigenvalue weighted by Gasteiger charge is 2.13. The number of sulfonamides is 1. The Hall–Kier alpha value is -2.44. The van der Waals surface area contributed by atoms with E-state index in [0.717, 1.165) is 29.8 Å². The summed E-state index contributed by atoms with van der Waals surface area (Å²) in [5, 5.41) is 0. The first-order valence-corrected chi connectivity index (χ1v) is 10.5. The van der Waals surface area contributed by atoms with Crippen molar-refractivity contribution in [1.29, 1.82) is 0 Å². The molecule has 0 aliphatic heterocycles. The fourth-order valence-corrected chi connectivity index (χ4v) is 3.42. The molecule has 0 saturated heterocycles. The summed E-state index contributed by atoms with van der Waals surface area (Å²) in [6.07, 6.45) is 4.72. The maximum Gasteiger partial charge on any atom is 0.208 e. The molecule has 1 N–H and O–H groups in total.